The van der Waals surface area contributed by atoms with E-state index in [1.807, 2.05) is 0 Å². The molecule has 1 unspecified atom stereocenters. The smallest absolute Gasteiger partial charge is 0.238 e. The highest BCUT2D eigenvalue weighted by molar-refractivity contribution is 5.40. The average molecular weight is 249 g/mol. The van der Waals surface area contributed by atoms with Gasteiger partial charge in [-0.15, -0.1) is 0 Å². The number of aromatic amines is 1. The highest BCUT2D eigenvalue weighted by atomic mass is 16.5. The molecule has 6 heteroatoms. The van der Waals surface area contributed by atoms with Gasteiger partial charge in [0.25, 0.3) is 0 Å². The van der Waals surface area contributed by atoms with E-state index >= 15 is 0 Å². The topological polar surface area (TPSA) is 79.6 Å². The number of hydrogen-bond donors (Lipinski definition) is 2. The van der Waals surface area contributed by atoms with E-state index in [0.717, 1.165) is 25.8 Å². The lowest BCUT2D eigenvalue weighted by atomic mass is 10.1. The molecular weight excluding hydrogens is 230 g/mol. The Labute approximate surface area is 106 Å². The van der Waals surface area contributed by atoms with Crippen LogP contribution < -0.4 is 5.32 Å². The van der Waals surface area contributed by atoms with Gasteiger partial charge in [-0.1, -0.05) is 25.4 Å². The van der Waals surface area contributed by atoms with Crippen molar-refractivity contribution in [1.82, 2.24) is 25.4 Å². The third kappa shape index (κ3) is 3.16. The van der Waals surface area contributed by atoms with Crippen LogP contribution in [-0.4, -0.2) is 32.7 Å². The molecule has 0 aliphatic carbocycles. The van der Waals surface area contributed by atoms with Crippen molar-refractivity contribution < 1.29 is 4.52 Å². The lowest BCUT2D eigenvalue weighted by Crippen LogP contribution is -2.30. The van der Waals surface area contributed by atoms with Crippen LogP contribution >= 0.6 is 0 Å². The highest BCUT2D eigenvalue weighted by Gasteiger charge is 2.14. The Morgan fingerprint density at radius 3 is 3.00 bits per heavy atom. The average Bonchev–Trinajstić information content (AvgIpc) is 2.98. The summed E-state index contributed by atoms with van der Waals surface area (Å²) in [6.07, 6.45) is 6.41. The molecule has 0 fully saturated rings. The first-order valence-electron chi connectivity index (χ1n) is 6.39. The second kappa shape index (κ2) is 6.30. The van der Waals surface area contributed by atoms with Gasteiger partial charge >= 0.3 is 0 Å². The zero-order chi connectivity index (χ0) is 12.8. The van der Waals surface area contributed by atoms with Gasteiger partial charge in [-0.3, -0.25) is 0 Å². The van der Waals surface area contributed by atoms with Crippen LogP contribution in [0.3, 0.4) is 0 Å². The fraction of sp³-hybridized carbons (Fsp3) is 0.583. The second-order valence-corrected chi connectivity index (χ2v) is 4.20. The molecular formula is C12H19N5O. The Morgan fingerprint density at radius 1 is 1.44 bits per heavy atom. The van der Waals surface area contributed by atoms with E-state index in [-0.39, 0.29) is 0 Å². The molecule has 0 aromatic carbocycles. The third-order valence-corrected chi connectivity index (χ3v) is 2.73. The summed E-state index contributed by atoms with van der Waals surface area (Å²) in [5.74, 6) is 1.81. The summed E-state index contributed by atoms with van der Waals surface area (Å²) >= 11 is 0. The van der Waals surface area contributed by atoms with E-state index in [4.69, 9.17) is 4.52 Å². The Hall–Kier alpha value is -1.69. The summed E-state index contributed by atoms with van der Waals surface area (Å²) in [5.41, 5.74) is 0. The Bertz CT molecular complexity index is 445. The van der Waals surface area contributed by atoms with Crippen molar-refractivity contribution in [1.29, 1.82) is 0 Å². The standard InChI is InChI=1S/C12H19N5O/c1-3-5-9(13-4-2)8-10-16-12(17-18-10)11-14-6-7-15-11/h6-7,9,13H,3-5,8H2,1-2H3,(H,14,15). The molecule has 18 heavy (non-hydrogen) atoms. The molecule has 0 spiro atoms. The van der Waals surface area contributed by atoms with Crippen LogP contribution in [0.1, 0.15) is 32.6 Å². The fourth-order valence-electron chi connectivity index (χ4n) is 1.95. The quantitative estimate of drug-likeness (QED) is 0.782. The van der Waals surface area contributed by atoms with Crippen LogP contribution in [0.2, 0.25) is 0 Å². The van der Waals surface area contributed by atoms with Gasteiger partial charge in [-0.05, 0) is 13.0 Å². The predicted octanol–water partition coefficient (Wildman–Crippen LogP) is 1.78. The van der Waals surface area contributed by atoms with Gasteiger partial charge in [0.05, 0.1) is 0 Å². The van der Waals surface area contributed by atoms with Gasteiger partial charge in [0, 0.05) is 24.9 Å². The molecule has 0 saturated carbocycles. The maximum absolute atomic E-state index is 5.25. The maximum Gasteiger partial charge on any atom is 0.238 e. The number of hydrogen-bond acceptors (Lipinski definition) is 5. The number of aromatic nitrogens is 4. The molecule has 0 radical (unpaired) electrons. The number of rotatable bonds is 7. The summed E-state index contributed by atoms with van der Waals surface area (Å²) in [5, 5.41) is 7.35. The van der Waals surface area contributed by atoms with Crippen molar-refractivity contribution in [3.63, 3.8) is 0 Å². The molecule has 6 nitrogen and oxygen atoms in total. The zero-order valence-corrected chi connectivity index (χ0v) is 10.8. The molecule has 0 amide bonds. The molecule has 0 aliphatic heterocycles. The molecule has 0 saturated heterocycles. The predicted molar refractivity (Wildman–Crippen MR) is 68.0 cm³/mol. The van der Waals surface area contributed by atoms with Crippen LogP contribution in [0, 0.1) is 0 Å². The summed E-state index contributed by atoms with van der Waals surface area (Å²) in [7, 11) is 0. The second-order valence-electron chi connectivity index (χ2n) is 4.20. The first-order valence-corrected chi connectivity index (χ1v) is 6.39. The van der Waals surface area contributed by atoms with Gasteiger partial charge in [-0.2, -0.15) is 4.98 Å². The SMILES string of the molecule is CCCC(Cc1nc(-c2ncc[nH]2)no1)NCC. The molecule has 2 N–H and O–H groups in total. The van der Waals surface area contributed by atoms with Gasteiger partial charge in [0.1, 0.15) is 0 Å². The van der Waals surface area contributed by atoms with Crippen LogP contribution in [0.5, 0.6) is 0 Å². The first kappa shape index (κ1) is 12.8. The van der Waals surface area contributed by atoms with Crippen molar-refractivity contribution in [2.75, 3.05) is 6.54 Å². The van der Waals surface area contributed by atoms with E-state index in [1.165, 1.54) is 0 Å². The number of nitrogens with zero attached hydrogens (tertiary/aromatic N) is 3. The van der Waals surface area contributed by atoms with E-state index in [1.54, 1.807) is 12.4 Å². The maximum atomic E-state index is 5.25. The van der Waals surface area contributed by atoms with Gasteiger partial charge in [-0.25, -0.2) is 4.98 Å². The Kier molecular flexibility index (Phi) is 4.46. The lowest BCUT2D eigenvalue weighted by Gasteiger charge is -2.14. The number of likely N-dealkylation sites (N-methyl/N-ethyl adjacent to an activating group) is 1. The summed E-state index contributed by atoms with van der Waals surface area (Å²) in [4.78, 5) is 11.4. The number of nitrogens with one attached hydrogen (secondary N) is 2. The van der Waals surface area contributed by atoms with Gasteiger partial charge < -0.3 is 14.8 Å². The minimum absolute atomic E-state index is 0.393. The Balaban J connectivity index is 2.01. The summed E-state index contributed by atoms with van der Waals surface area (Å²) in [6.45, 7) is 5.22. The van der Waals surface area contributed by atoms with Gasteiger partial charge in [0.2, 0.25) is 11.7 Å². The van der Waals surface area contributed by atoms with Crippen LogP contribution in [0.15, 0.2) is 16.9 Å². The van der Waals surface area contributed by atoms with Crippen molar-refractivity contribution in [2.45, 2.75) is 39.2 Å². The zero-order valence-electron chi connectivity index (χ0n) is 10.8. The Morgan fingerprint density at radius 2 is 2.33 bits per heavy atom. The first-order chi connectivity index (χ1) is 8.83. The van der Waals surface area contributed by atoms with Crippen LogP contribution in [-0.2, 0) is 6.42 Å². The van der Waals surface area contributed by atoms with Crippen LogP contribution in [0.4, 0.5) is 0 Å². The summed E-state index contributed by atoms with van der Waals surface area (Å²) in [6, 6.07) is 0.393. The molecule has 2 aromatic rings. The molecule has 0 bridgehead atoms. The van der Waals surface area contributed by atoms with E-state index < -0.39 is 0 Å². The third-order valence-electron chi connectivity index (χ3n) is 2.73. The normalized spacial score (nSPS) is 12.8. The fourth-order valence-corrected chi connectivity index (χ4v) is 1.95. The van der Waals surface area contributed by atoms with Gasteiger partial charge in [0.15, 0.2) is 5.82 Å². The minimum atomic E-state index is 0.393. The van der Waals surface area contributed by atoms with Crippen molar-refractivity contribution >= 4 is 0 Å². The van der Waals surface area contributed by atoms with Crippen molar-refractivity contribution in [2.24, 2.45) is 0 Å². The molecule has 1 atom stereocenters. The number of H-pyrrole nitrogens is 1. The van der Waals surface area contributed by atoms with E-state index in [0.29, 0.717) is 23.6 Å². The molecule has 2 aromatic heterocycles. The van der Waals surface area contributed by atoms with E-state index in [2.05, 4.69) is 39.3 Å². The monoisotopic (exact) mass is 249 g/mol. The lowest BCUT2D eigenvalue weighted by molar-refractivity contribution is 0.352. The molecule has 2 heterocycles. The number of imidazole rings is 1. The van der Waals surface area contributed by atoms with E-state index in [9.17, 15) is 0 Å². The largest absolute Gasteiger partial charge is 0.342 e. The molecule has 0 aliphatic rings. The highest BCUT2D eigenvalue weighted by Crippen LogP contribution is 2.12. The van der Waals surface area contributed by atoms with Crippen molar-refractivity contribution in [3.05, 3.63) is 18.3 Å². The molecule has 98 valence electrons. The molecule has 2 rings (SSSR count). The van der Waals surface area contributed by atoms with Crippen molar-refractivity contribution in [3.8, 4) is 11.6 Å². The summed E-state index contributed by atoms with van der Waals surface area (Å²) < 4.78 is 5.25. The van der Waals surface area contributed by atoms with Crippen LogP contribution in [0.25, 0.3) is 11.6 Å². The minimum Gasteiger partial charge on any atom is -0.342 e.